The van der Waals surface area contributed by atoms with E-state index in [2.05, 4.69) is 16.0 Å². The summed E-state index contributed by atoms with van der Waals surface area (Å²) in [6.45, 7) is 2.93. The Morgan fingerprint density at radius 1 is 1.33 bits per heavy atom. The fourth-order valence-corrected chi connectivity index (χ4v) is 4.48. The van der Waals surface area contributed by atoms with Gasteiger partial charge in [0.2, 0.25) is 11.8 Å². The van der Waals surface area contributed by atoms with E-state index in [1.165, 1.54) is 18.4 Å². The van der Waals surface area contributed by atoms with Crippen LogP contribution in [-0.4, -0.2) is 52.7 Å². The Hall–Kier alpha value is -1.95. The maximum Gasteiger partial charge on any atom is 0.232 e. The molecule has 2 fully saturated rings. The lowest BCUT2D eigenvalue weighted by atomic mass is 9.79. The molecule has 0 aromatic carbocycles. The molecule has 0 bridgehead atoms. The number of carbonyl (C=O) groups excluding carboxylic acids is 1. The lowest BCUT2D eigenvalue weighted by Crippen LogP contribution is -2.66. The molecule has 2 saturated heterocycles. The highest BCUT2D eigenvalue weighted by molar-refractivity contribution is 5.80. The second-order valence-corrected chi connectivity index (χ2v) is 8.11. The van der Waals surface area contributed by atoms with Crippen LogP contribution < -0.4 is 4.74 Å². The van der Waals surface area contributed by atoms with E-state index in [9.17, 15) is 4.79 Å². The molecule has 0 radical (unpaired) electrons. The summed E-state index contributed by atoms with van der Waals surface area (Å²) < 4.78 is 11.8. The van der Waals surface area contributed by atoms with Crippen LogP contribution in [-0.2, 0) is 9.53 Å². The maximum absolute atomic E-state index is 12.5. The van der Waals surface area contributed by atoms with Crippen LogP contribution in [0.4, 0.5) is 0 Å². The van der Waals surface area contributed by atoms with Crippen molar-refractivity contribution in [1.82, 2.24) is 14.9 Å². The first-order chi connectivity index (χ1) is 13.2. The summed E-state index contributed by atoms with van der Waals surface area (Å²) in [4.78, 5) is 22.7. The van der Waals surface area contributed by atoms with Gasteiger partial charge in [0.25, 0.3) is 0 Å². The van der Waals surface area contributed by atoms with E-state index in [1.807, 2.05) is 4.90 Å². The van der Waals surface area contributed by atoms with Gasteiger partial charge in [0.05, 0.1) is 25.9 Å². The van der Waals surface area contributed by atoms with Gasteiger partial charge in [0.15, 0.2) is 0 Å². The van der Waals surface area contributed by atoms with Crippen LogP contribution in [0, 0.1) is 5.92 Å². The molecular weight excluding hydrogens is 342 g/mol. The largest absolute Gasteiger partial charge is 0.477 e. The fraction of sp³-hybridized carbons (Fsp3) is 0.667. The van der Waals surface area contributed by atoms with Gasteiger partial charge in [0, 0.05) is 25.4 Å². The van der Waals surface area contributed by atoms with E-state index in [4.69, 9.17) is 9.47 Å². The lowest BCUT2D eigenvalue weighted by Gasteiger charge is -2.53. The molecule has 4 rings (SSSR count). The number of carbonyl (C=O) groups is 1. The van der Waals surface area contributed by atoms with Gasteiger partial charge in [0.1, 0.15) is 5.60 Å². The summed E-state index contributed by atoms with van der Waals surface area (Å²) in [6.07, 6.45) is 15.6. The van der Waals surface area contributed by atoms with E-state index >= 15 is 0 Å². The molecule has 6 nitrogen and oxygen atoms in total. The number of aromatic nitrogens is 2. The molecule has 0 unspecified atom stereocenters. The Labute approximate surface area is 161 Å². The first-order valence-electron chi connectivity index (χ1n) is 10.2. The van der Waals surface area contributed by atoms with Crippen molar-refractivity contribution in [3.05, 3.63) is 30.2 Å². The van der Waals surface area contributed by atoms with E-state index in [1.54, 1.807) is 18.6 Å². The first-order valence-corrected chi connectivity index (χ1v) is 10.2. The summed E-state index contributed by atoms with van der Waals surface area (Å²) in [6, 6.07) is 0. The molecule has 3 aliphatic rings. The van der Waals surface area contributed by atoms with Crippen molar-refractivity contribution >= 4 is 5.91 Å². The van der Waals surface area contributed by atoms with Crippen LogP contribution in [0.25, 0.3) is 0 Å². The molecule has 1 aromatic heterocycles. The summed E-state index contributed by atoms with van der Waals surface area (Å²) in [5, 5.41) is 0. The minimum Gasteiger partial charge on any atom is -0.477 e. The van der Waals surface area contributed by atoms with Crippen molar-refractivity contribution in [2.75, 3.05) is 26.3 Å². The van der Waals surface area contributed by atoms with Crippen molar-refractivity contribution in [2.24, 2.45) is 5.92 Å². The minimum absolute atomic E-state index is 0.119. The predicted octanol–water partition coefficient (Wildman–Crippen LogP) is 3.14. The number of hydrogen-bond donors (Lipinski definition) is 0. The van der Waals surface area contributed by atoms with Crippen molar-refractivity contribution in [3.63, 3.8) is 0 Å². The van der Waals surface area contributed by atoms with Gasteiger partial charge in [-0.1, -0.05) is 11.6 Å². The second kappa shape index (κ2) is 8.38. The number of allylic oxidation sites excluding steroid dienone is 1. The Balaban J connectivity index is 1.21. The average molecular weight is 371 g/mol. The monoisotopic (exact) mass is 371 g/mol. The zero-order valence-corrected chi connectivity index (χ0v) is 15.9. The van der Waals surface area contributed by atoms with Crippen LogP contribution in [0.3, 0.4) is 0 Å². The second-order valence-electron chi connectivity index (χ2n) is 8.11. The fourth-order valence-electron chi connectivity index (χ4n) is 4.48. The molecule has 0 N–H and O–H groups in total. The maximum atomic E-state index is 12.5. The zero-order valence-electron chi connectivity index (χ0n) is 15.9. The van der Waals surface area contributed by atoms with E-state index in [0.29, 0.717) is 24.8 Å². The number of nitrogens with zero attached hydrogens (tertiary/aromatic N) is 3. The molecule has 0 saturated carbocycles. The predicted molar refractivity (Wildman–Crippen MR) is 101 cm³/mol. The standard InChI is InChI=1S/C21H29N3O3/c25-20(12-17-4-2-1-3-5-17)24-15-21(16-24)13-18(7-11-27-21)6-10-26-19-14-22-8-9-23-19/h4,8-9,14,18H,1-3,5-7,10-13,15-16H2/t18-/m1/s1. The Bertz CT molecular complexity index is 671. The van der Waals surface area contributed by atoms with Crippen LogP contribution in [0.5, 0.6) is 5.88 Å². The van der Waals surface area contributed by atoms with Crippen molar-refractivity contribution < 1.29 is 14.3 Å². The highest BCUT2D eigenvalue weighted by Crippen LogP contribution is 2.38. The molecule has 1 amide bonds. The quantitative estimate of drug-likeness (QED) is 0.719. The van der Waals surface area contributed by atoms with Crippen LogP contribution in [0.15, 0.2) is 30.2 Å². The third kappa shape index (κ3) is 4.67. The van der Waals surface area contributed by atoms with E-state index in [0.717, 1.165) is 51.8 Å². The number of ether oxygens (including phenoxy) is 2. The van der Waals surface area contributed by atoms with Gasteiger partial charge in [-0.25, -0.2) is 4.98 Å². The van der Waals surface area contributed by atoms with Crippen LogP contribution in [0.2, 0.25) is 0 Å². The number of likely N-dealkylation sites (tertiary alicyclic amines) is 1. The van der Waals surface area contributed by atoms with Crippen molar-refractivity contribution in [2.45, 2.75) is 57.0 Å². The van der Waals surface area contributed by atoms with E-state index < -0.39 is 0 Å². The SMILES string of the molecule is O=C(CC1=CCCCC1)N1CC2(C[C@H](CCOc3cnccn3)CCO2)C1. The summed E-state index contributed by atoms with van der Waals surface area (Å²) >= 11 is 0. The average Bonchev–Trinajstić information content (AvgIpc) is 2.68. The molecule has 146 valence electrons. The van der Waals surface area contributed by atoms with Gasteiger partial charge in [-0.05, 0) is 50.9 Å². The lowest BCUT2D eigenvalue weighted by molar-refractivity contribution is -0.188. The third-order valence-corrected chi connectivity index (χ3v) is 5.98. The normalized spacial score (nSPS) is 24.2. The molecule has 1 spiro atoms. The van der Waals surface area contributed by atoms with E-state index in [-0.39, 0.29) is 11.5 Å². The molecule has 1 atom stereocenters. The highest BCUT2D eigenvalue weighted by Gasteiger charge is 2.48. The van der Waals surface area contributed by atoms with Crippen LogP contribution in [0.1, 0.15) is 51.4 Å². The third-order valence-electron chi connectivity index (χ3n) is 5.98. The summed E-state index contributed by atoms with van der Waals surface area (Å²) in [5.41, 5.74) is 1.21. The minimum atomic E-state index is -0.119. The molecule has 2 aliphatic heterocycles. The first kappa shape index (κ1) is 18.4. The van der Waals surface area contributed by atoms with Gasteiger partial charge in [-0.2, -0.15) is 0 Å². The smallest absolute Gasteiger partial charge is 0.232 e. The van der Waals surface area contributed by atoms with Gasteiger partial charge in [-0.3, -0.25) is 9.78 Å². The zero-order chi connectivity index (χ0) is 18.5. The molecular formula is C21H29N3O3. The Morgan fingerprint density at radius 3 is 3.04 bits per heavy atom. The summed E-state index contributed by atoms with van der Waals surface area (Å²) in [5.74, 6) is 1.43. The molecule has 27 heavy (non-hydrogen) atoms. The topological polar surface area (TPSA) is 64.6 Å². The molecule has 3 heterocycles. The highest BCUT2D eigenvalue weighted by atomic mass is 16.5. The Kier molecular flexibility index (Phi) is 5.72. The number of amides is 1. The number of rotatable bonds is 6. The Morgan fingerprint density at radius 2 is 2.26 bits per heavy atom. The van der Waals surface area contributed by atoms with Crippen LogP contribution >= 0.6 is 0 Å². The van der Waals surface area contributed by atoms with Gasteiger partial charge in [-0.15, -0.1) is 0 Å². The van der Waals surface area contributed by atoms with Crippen molar-refractivity contribution in [1.29, 1.82) is 0 Å². The summed E-state index contributed by atoms with van der Waals surface area (Å²) in [7, 11) is 0. The number of hydrogen-bond acceptors (Lipinski definition) is 5. The molecule has 1 aromatic rings. The molecule has 6 heteroatoms. The van der Waals surface area contributed by atoms with Gasteiger partial charge < -0.3 is 14.4 Å². The van der Waals surface area contributed by atoms with Gasteiger partial charge >= 0.3 is 0 Å². The molecule has 1 aliphatic carbocycles. The van der Waals surface area contributed by atoms with Crippen molar-refractivity contribution in [3.8, 4) is 5.88 Å².